The number of aliphatic hydroxyl groups is 3. The van der Waals surface area contributed by atoms with Crippen LogP contribution < -0.4 is 22.5 Å². The number of piperidine rings is 1. The average Bonchev–Trinajstić information content (AvgIpc) is 3.99. The number of nitrogens with one attached hydrogen (secondary N) is 1. The van der Waals surface area contributed by atoms with Gasteiger partial charge in [-0.05, 0) is 30.5 Å². The summed E-state index contributed by atoms with van der Waals surface area (Å²) in [5.41, 5.74) is -5.52. The summed E-state index contributed by atoms with van der Waals surface area (Å²) in [7, 11) is 1.25. The number of carbonyl (C=O) groups is 6. The first-order valence-electron chi connectivity index (χ1n) is 27.1. The third kappa shape index (κ3) is 11.5. The highest BCUT2D eigenvalue weighted by atomic mass is 35.5. The van der Waals surface area contributed by atoms with Gasteiger partial charge in [0.25, 0.3) is 0 Å². The van der Waals surface area contributed by atoms with E-state index in [9.17, 15) is 67.5 Å². The molecule has 4 aliphatic heterocycles. The number of carbonyl (C=O) groups excluding carboxylic acids is 6. The van der Waals surface area contributed by atoms with Gasteiger partial charge in [0.1, 0.15) is 35.1 Å². The number of unbranched alkanes of at least 4 members (excludes halogenated alkanes) is 1. The molecule has 1 unspecified atom stereocenters. The van der Waals surface area contributed by atoms with Crippen molar-refractivity contribution in [2.24, 2.45) is 0 Å². The molecule has 1 spiro atoms. The zero-order valence-electron chi connectivity index (χ0n) is 44.9. The molecule has 4 fully saturated rings. The summed E-state index contributed by atoms with van der Waals surface area (Å²) in [6.45, 7) is 4.81. The van der Waals surface area contributed by atoms with Crippen LogP contribution in [0, 0.1) is 0 Å². The predicted molar refractivity (Wildman–Crippen MR) is 276 cm³/mol. The summed E-state index contributed by atoms with van der Waals surface area (Å²) in [4.78, 5) is 78.4. The molecule has 4 aromatic carbocycles. The maximum absolute atomic E-state index is 13.9. The van der Waals surface area contributed by atoms with E-state index in [2.05, 4.69) is 0 Å². The number of phenols is 2. The van der Waals surface area contributed by atoms with E-state index >= 15 is 0 Å². The van der Waals surface area contributed by atoms with Crippen LogP contribution in [0.25, 0.3) is 0 Å². The number of aliphatic hydroxyl groups excluding tert-OH is 1. The van der Waals surface area contributed by atoms with Crippen LogP contribution in [-0.2, 0) is 50.1 Å². The van der Waals surface area contributed by atoms with Crippen molar-refractivity contribution in [1.82, 2.24) is 5.32 Å². The number of quaternary nitrogens is 1. The van der Waals surface area contributed by atoms with Crippen LogP contribution in [-0.4, -0.2) is 147 Å². The topological polar surface area (TPSA) is 262 Å². The number of aromatic hydroxyl groups is 2. The van der Waals surface area contributed by atoms with Crippen molar-refractivity contribution in [3.05, 3.63) is 123 Å². The molecule has 4 heterocycles. The summed E-state index contributed by atoms with van der Waals surface area (Å²) in [5.74, 6) is -8.20. The number of hydrogen-bond acceptors (Lipinski definition) is 16. The molecule has 4 aromatic rings. The molecule has 9 atom stereocenters. The fourth-order valence-electron chi connectivity index (χ4n) is 12.9. The Morgan fingerprint density at radius 1 is 0.840 bits per heavy atom. The van der Waals surface area contributed by atoms with E-state index in [1.807, 2.05) is 43.3 Å². The third-order valence-electron chi connectivity index (χ3n) is 17.0. The molecule has 436 valence electrons. The van der Waals surface area contributed by atoms with Crippen molar-refractivity contribution in [3.63, 3.8) is 0 Å². The van der Waals surface area contributed by atoms with Gasteiger partial charge in [0, 0.05) is 80.9 Å². The SMILES string of the molecule is CCCCC(=O)OCC(=O)[C@]1(O)Cc2c(O)c3c(c(O)c2[C@@H](O[C@H]2C[C@H](NC(=O)C(F)(F)F)[C@H](O)[C@H](C)O2)C1)C(=O)c1c(OC)cccc1C3=O.O=C(OC1C[C@H]2CC[C@@H](C1)[N+]21CCCC1)C(O)(c1ccccc1)c1ccccc1.[Cl-]. The average molecular weight is 1150 g/mol. The number of fused-ring (bicyclic) bond motifs is 3. The number of ether oxygens (including phenoxy) is 5. The molecule has 10 rings (SSSR count). The molecule has 6 aliphatic rings. The van der Waals surface area contributed by atoms with Gasteiger partial charge in [0.15, 0.2) is 18.7 Å². The molecule has 0 radical (unpaired) electrons. The minimum Gasteiger partial charge on any atom is -1.00 e. The number of benzene rings is 4. The quantitative estimate of drug-likeness (QED) is 0.0530. The highest BCUT2D eigenvalue weighted by Crippen LogP contribution is 2.53. The number of ketones is 3. The number of Topliss-reactive ketones (excluding diaryl/α,β-unsaturated/α-hetero) is 1. The van der Waals surface area contributed by atoms with Crippen LogP contribution >= 0.6 is 0 Å². The molecule has 2 aliphatic carbocycles. The Balaban J connectivity index is 0.000000241. The lowest BCUT2D eigenvalue weighted by molar-refractivity contribution is -0.956. The van der Waals surface area contributed by atoms with Gasteiger partial charge in [0.05, 0.1) is 67.2 Å². The first kappa shape index (κ1) is 60.6. The fourth-order valence-corrected chi connectivity index (χ4v) is 12.9. The maximum atomic E-state index is 13.9. The van der Waals surface area contributed by atoms with E-state index in [1.54, 1.807) is 29.6 Å². The summed E-state index contributed by atoms with van der Waals surface area (Å²) in [5, 5.41) is 58.9. The lowest BCUT2D eigenvalue weighted by atomic mass is 9.72. The van der Waals surface area contributed by atoms with Gasteiger partial charge in [-0.1, -0.05) is 86.1 Å². The number of nitrogens with zero attached hydrogens (tertiary/aromatic N) is 1. The Bertz CT molecular complexity index is 2970. The van der Waals surface area contributed by atoms with E-state index in [0.717, 1.165) is 12.8 Å². The van der Waals surface area contributed by atoms with E-state index < -0.39 is 132 Å². The highest BCUT2D eigenvalue weighted by Gasteiger charge is 2.57. The van der Waals surface area contributed by atoms with Gasteiger partial charge in [-0.15, -0.1) is 0 Å². The molecule has 0 aromatic heterocycles. The Labute approximate surface area is 471 Å². The van der Waals surface area contributed by atoms with E-state index in [4.69, 9.17) is 23.7 Å². The zero-order valence-corrected chi connectivity index (χ0v) is 45.7. The number of esters is 2. The van der Waals surface area contributed by atoms with Crippen molar-refractivity contribution in [2.45, 2.75) is 157 Å². The summed E-state index contributed by atoms with van der Waals surface area (Å²) in [6, 6.07) is 22.2. The minimum atomic E-state index is -5.29. The smallest absolute Gasteiger partial charge is 0.471 e. The Hall–Kier alpha value is -6.46. The molecule has 22 heteroatoms. The Kier molecular flexibility index (Phi) is 18.1. The van der Waals surface area contributed by atoms with Crippen LogP contribution in [0.2, 0.25) is 0 Å². The second kappa shape index (κ2) is 24.2. The molecule has 4 saturated heterocycles. The van der Waals surface area contributed by atoms with Crippen LogP contribution in [0.5, 0.6) is 17.2 Å². The van der Waals surface area contributed by atoms with E-state index in [1.165, 1.54) is 75.5 Å². The first-order valence-corrected chi connectivity index (χ1v) is 27.1. The lowest BCUT2D eigenvalue weighted by Gasteiger charge is -2.47. The van der Waals surface area contributed by atoms with Crippen LogP contribution in [0.1, 0.15) is 145 Å². The van der Waals surface area contributed by atoms with Gasteiger partial charge >= 0.3 is 24.0 Å². The van der Waals surface area contributed by atoms with Crippen molar-refractivity contribution in [2.75, 3.05) is 26.8 Å². The molecule has 6 N–H and O–H groups in total. The molecule has 2 bridgehead atoms. The zero-order chi connectivity index (χ0) is 57.5. The number of alkyl halides is 3. The van der Waals surface area contributed by atoms with Gasteiger partial charge < -0.3 is 71.4 Å². The maximum Gasteiger partial charge on any atom is 0.471 e. The predicted octanol–water partition coefficient (Wildman–Crippen LogP) is 3.24. The van der Waals surface area contributed by atoms with Crippen LogP contribution in [0.3, 0.4) is 0 Å². The Morgan fingerprint density at radius 2 is 1.44 bits per heavy atom. The van der Waals surface area contributed by atoms with Crippen LogP contribution in [0.15, 0.2) is 78.9 Å². The number of phenolic OH excluding ortho intramolecular Hbond substituents is 2. The van der Waals surface area contributed by atoms with E-state index in [-0.39, 0.29) is 52.9 Å². The number of halogens is 4. The van der Waals surface area contributed by atoms with Gasteiger partial charge in [0.2, 0.25) is 17.2 Å². The number of rotatable bonds is 14. The summed E-state index contributed by atoms with van der Waals surface area (Å²) >= 11 is 0. The first-order chi connectivity index (χ1) is 38.1. The van der Waals surface area contributed by atoms with Gasteiger partial charge in [-0.25, -0.2) is 4.79 Å². The lowest BCUT2D eigenvalue weighted by Crippen LogP contribution is -3.00. The Morgan fingerprint density at radius 3 is 2.02 bits per heavy atom. The van der Waals surface area contributed by atoms with Crippen molar-refractivity contribution in [1.29, 1.82) is 0 Å². The normalized spacial score (nSPS) is 26.1. The second-order valence-corrected chi connectivity index (χ2v) is 21.8. The molecular formula is C59H66ClF3N2O16. The van der Waals surface area contributed by atoms with Gasteiger partial charge in [-0.2, -0.15) is 13.2 Å². The van der Waals surface area contributed by atoms with Crippen molar-refractivity contribution < 1.29 is 108 Å². The van der Waals surface area contributed by atoms with Gasteiger partial charge in [-0.3, -0.25) is 24.0 Å². The molecule has 81 heavy (non-hydrogen) atoms. The molecule has 18 nitrogen and oxygen atoms in total. The number of amides is 1. The largest absolute Gasteiger partial charge is 1.00 e. The highest BCUT2D eigenvalue weighted by molar-refractivity contribution is 6.31. The monoisotopic (exact) mass is 1150 g/mol. The van der Waals surface area contributed by atoms with Crippen molar-refractivity contribution >= 4 is 35.2 Å². The summed E-state index contributed by atoms with van der Waals surface area (Å²) < 4.78 is 68.5. The fraction of sp³-hybridized carbons (Fsp3) is 0.492. The molecule has 0 saturated carbocycles. The third-order valence-corrected chi connectivity index (χ3v) is 17.0. The minimum absolute atomic E-state index is 0. The standard InChI is InChI=1S/C34H36F3NO13.C25H30NO3.ClH/c1-4-5-9-21(40)49-13-20(39)33(47)11-16-24(19(12-33)51-22-10-17(27(41)14(2)50-22)38-32(46)34(35,36)37)31(45)26-25(29(16)43)28(42)15-7-6-8-18(48-3)23(15)30(26)44;27-24(25(28,19-9-3-1-4-10-19)20-11-5-2-6-12-20)29-23-17-21-13-14-22(18-23)26(21)15-7-8-16-26;/h6-8,14,17,19,22,27,41,43,45,47H,4-5,9-13H2,1-3H3,(H,38,46);1-6,9-12,21-23,28H,7-8,13-18H2;1H/q;+1;/p-1/t14-,17-,19-,22-,27+,33-;21-,22+,23?;/m0../s1. The summed E-state index contributed by atoms with van der Waals surface area (Å²) in [6.07, 6.45) is -5.41. The van der Waals surface area contributed by atoms with E-state index in [0.29, 0.717) is 36.1 Å². The van der Waals surface area contributed by atoms with Crippen molar-refractivity contribution in [3.8, 4) is 17.2 Å². The van der Waals surface area contributed by atoms with Crippen LogP contribution in [0.4, 0.5) is 13.2 Å². The molecular weight excluding hydrogens is 1090 g/mol. The molecule has 1 amide bonds. The number of methoxy groups -OCH3 is 1. The second-order valence-electron chi connectivity index (χ2n) is 21.8. The number of hydrogen-bond donors (Lipinski definition) is 6.